The zero-order valence-electron chi connectivity index (χ0n) is 9.72. The van der Waals surface area contributed by atoms with E-state index in [-0.39, 0.29) is 17.7 Å². The third-order valence-corrected chi connectivity index (χ3v) is 4.21. The average molecular weight is 259 g/mol. The number of nitrogens with one attached hydrogen (secondary N) is 1. The van der Waals surface area contributed by atoms with Crippen molar-refractivity contribution < 1.29 is 12.8 Å². The van der Waals surface area contributed by atoms with Crippen LogP contribution in [0.5, 0.6) is 0 Å². The van der Waals surface area contributed by atoms with E-state index in [2.05, 4.69) is 9.62 Å². The molecule has 7 heteroatoms. The lowest BCUT2D eigenvalue weighted by Gasteiger charge is -2.11. The van der Waals surface area contributed by atoms with E-state index in [1.807, 2.05) is 7.05 Å². The van der Waals surface area contributed by atoms with E-state index >= 15 is 0 Å². The smallest absolute Gasteiger partial charge is 0.274 e. The summed E-state index contributed by atoms with van der Waals surface area (Å²) in [6.45, 7) is 1.82. The second-order valence-electron chi connectivity index (χ2n) is 4.29. The molecule has 1 fully saturated rings. The number of likely N-dealkylation sites (N-methyl/N-ethyl adjacent to an activating group) is 1. The lowest BCUT2D eigenvalue weighted by Crippen LogP contribution is -2.36. The van der Waals surface area contributed by atoms with Crippen molar-refractivity contribution in [2.45, 2.75) is 24.1 Å². The van der Waals surface area contributed by atoms with Crippen molar-refractivity contribution in [1.82, 2.24) is 9.62 Å². The minimum atomic E-state index is -3.56. The number of nitrogens with two attached hydrogens (primary N) is 1. The molecule has 17 heavy (non-hydrogen) atoms. The molecule has 2 heterocycles. The summed E-state index contributed by atoms with van der Waals surface area (Å²) < 4.78 is 31.7. The Morgan fingerprint density at radius 2 is 2.35 bits per heavy atom. The van der Waals surface area contributed by atoms with E-state index in [0.29, 0.717) is 5.76 Å². The Morgan fingerprint density at radius 3 is 2.88 bits per heavy atom. The molecule has 1 unspecified atom stereocenters. The van der Waals surface area contributed by atoms with Crippen LogP contribution < -0.4 is 10.5 Å². The van der Waals surface area contributed by atoms with Gasteiger partial charge >= 0.3 is 0 Å². The summed E-state index contributed by atoms with van der Waals surface area (Å²) in [6.07, 6.45) is 0.820. The van der Waals surface area contributed by atoms with Crippen LogP contribution in [-0.4, -0.2) is 39.5 Å². The maximum absolute atomic E-state index is 12.0. The van der Waals surface area contributed by atoms with E-state index in [1.165, 1.54) is 6.07 Å². The lowest BCUT2D eigenvalue weighted by atomic mass is 10.3. The summed E-state index contributed by atoms with van der Waals surface area (Å²) in [6, 6.07) is 2.97. The average Bonchev–Trinajstić information content (AvgIpc) is 2.86. The summed E-state index contributed by atoms with van der Waals surface area (Å²) in [7, 11) is -1.59. The molecular weight excluding hydrogens is 242 g/mol. The maximum Gasteiger partial charge on any atom is 0.274 e. The highest BCUT2D eigenvalue weighted by Gasteiger charge is 2.27. The van der Waals surface area contributed by atoms with Gasteiger partial charge in [-0.2, -0.15) is 0 Å². The molecule has 0 amide bonds. The number of hydrogen-bond acceptors (Lipinski definition) is 5. The first-order valence-corrected chi connectivity index (χ1v) is 6.99. The van der Waals surface area contributed by atoms with Crippen molar-refractivity contribution in [1.29, 1.82) is 0 Å². The summed E-state index contributed by atoms with van der Waals surface area (Å²) in [5.74, 6) is 0.467. The summed E-state index contributed by atoms with van der Waals surface area (Å²) in [5.41, 5.74) is 5.37. The van der Waals surface area contributed by atoms with Crippen LogP contribution in [0.1, 0.15) is 12.2 Å². The normalized spacial score (nSPS) is 22.1. The van der Waals surface area contributed by atoms with Crippen LogP contribution in [0.2, 0.25) is 0 Å². The van der Waals surface area contributed by atoms with Gasteiger partial charge in [0.15, 0.2) is 0 Å². The second kappa shape index (κ2) is 4.77. The maximum atomic E-state index is 12.0. The van der Waals surface area contributed by atoms with E-state index in [9.17, 15) is 8.42 Å². The molecule has 1 aromatic rings. The van der Waals surface area contributed by atoms with Crippen molar-refractivity contribution in [3.8, 4) is 0 Å². The van der Waals surface area contributed by atoms with Crippen LogP contribution in [0.15, 0.2) is 21.6 Å². The van der Waals surface area contributed by atoms with Gasteiger partial charge < -0.3 is 15.1 Å². The Morgan fingerprint density at radius 1 is 1.59 bits per heavy atom. The van der Waals surface area contributed by atoms with E-state index < -0.39 is 10.0 Å². The Balaban J connectivity index is 2.08. The molecule has 1 aliphatic rings. The molecule has 3 N–H and O–H groups in total. The van der Waals surface area contributed by atoms with E-state index in [0.717, 1.165) is 19.5 Å². The number of furan rings is 1. The molecule has 1 saturated heterocycles. The fourth-order valence-electron chi connectivity index (χ4n) is 1.92. The molecule has 0 saturated carbocycles. The van der Waals surface area contributed by atoms with Gasteiger partial charge in [0, 0.05) is 12.6 Å². The highest BCUT2D eigenvalue weighted by molar-refractivity contribution is 7.89. The fourth-order valence-corrected chi connectivity index (χ4v) is 3.13. The largest absolute Gasteiger partial charge is 0.447 e. The molecule has 2 rings (SSSR count). The molecule has 0 aromatic carbocycles. The van der Waals surface area contributed by atoms with Crippen molar-refractivity contribution in [3.05, 3.63) is 17.9 Å². The quantitative estimate of drug-likeness (QED) is 0.776. The molecule has 6 nitrogen and oxygen atoms in total. The predicted molar refractivity (Wildman–Crippen MR) is 62.8 cm³/mol. The van der Waals surface area contributed by atoms with Gasteiger partial charge in [-0.25, -0.2) is 13.1 Å². The molecule has 0 radical (unpaired) electrons. The van der Waals surface area contributed by atoms with Crippen LogP contribution in [0.25, 0.3) is 0 Å². The molecule has 1 atom stereocenters. The van der Waals surface area contributed by atoms with Gasteiger partial charge in [0.05, 0.1) is 6.54 Å². The highest BCUT2D eigenvalue weighted by atomic mass is 32.2. The Labute approximate surface area is 101 Å². The van der Waals surface area contributed by atoms with Gasteiger partial charge in [0.25, 0.3) is 10.0 Å². The standard InChI is InChI=1S/C10H17N3O3S/c1-13-5-4-8(7-13)12-17(14,15)10-3-2-9(6-11)16-10/h2-3,8,12H,4-7,11H2,1H3. The topological polar surface area (TPSA) is 88.6 Å². The first kappa shape index (κ1) is 12.6. The van der Waals surface area contributed by atoms with Crippen LogP contribution >= 0.6 is 0 Å². The molecule has 0 spiro atoms. The molecule has 1 aliphatic heterocycles. The first-order chi connectivity index (χ1) is 8.01. The zero-order valence-corrected chi connectivity index (χ0v) is 10.5. The number of rotatable bonds is 4. The third kappa shape index (κ3) is 2.86. The number of hydrogen-bond donors (Lipinski definition) is 2. The minimum absolute atomic E-state index is 0.0450. The van der Waals surface area contributed by atoms with Gasteiger partial charge in [-0.15, -0.1) is 0 Å². The highest BCUT2D eigenvalue weighted by Crippen LogP contribution is 2.16. The van der Waals surface area contributed by atoms with Gasteiger partial charge in [-0.3, -0.25) is 0 Å². The van der Waals surface area contributed by atoms with Gasteiger partial charge in [0.2, 0.25) is 5.09 Å². The Kier molecular flexibility index (Phi) is 3.53. The number of sulfonamides is 1. The minimum Gasteiger partial charge on any atom is -0.447 e. The Hall–Kier alpha value is -0.890. The fraction of sp³-hybridized carbons (Fsp3) is 0.600. The lowest BCUT2D eigenvalue weighted by molar-refractivity contribution is 0.398. The number of nitrogens with zero attached hydrogens (tertiary/aromatic N) is 1. The third-order valence-electron chi connectivity index (χ3n) is 2.82. The van der Waals surface area contributed by atoms with Crippen LogP contribution in [-0.2, 0) is 16.6 Å². The van der Waals surface area contributed by atoms with Crippen molar-refractivity contribution >= 4 is 10.0 Å². The second-order valence-corrected chi connectivity index (χ2v) is 5.94. The molecular formula is C10H17N3O3S. The molecule has 1 aromatic heterocycles. The van der Waals surface area contributed by atoms with E-state index in [1.54, 1.807) is 6.07 Å². The SMILES string of the molecule is CN1CCC(NS(=O)(=O)c2ccc(CN)o2)C1. The monoisotopic (exact) mass is 259 g/mol. The number of likely N-dealkylation sites (tertiary alicyclic amines) is 1. The summed E-state index contributed by atoms with van der Waals surface area (Å²) >= 11 is 0. The molecule has 0 bridgehead atoms. The van der Waals surface area contributed by atoms with Gasteiger partial charge in [0.1, 0.15) is 5.76 Å². The first-order valence-electron chi connectivity index (χ1n) is 5.51. The van der Waals surface area contributed by atoms with Crippen LogP contribution in [0.4, 0.5) is 0 Å². The molecule has 0 aliphatic carbocycles. The van der Waals surface area contributed by atoms with Crippen molar-refractivity contribution in [2.24, 2.45) is 5.73 Å². The Bertz CT molecular complexity index is 483. The predicted octanol–water partition coefficient (Wildman–Crippen LogP) is -0.279. The zero-order chi connectivity index (χ0) is 12.5. The molecule has 96 valence electrons. The van der Waals surface area contributed by atoms with Crippen molar-refractivity contribution in [3.63, 3.8) is 0 Å². The summed E-state index contributed by atoms with van der Waals surface area (Å²) in [4.78, 5) is 2.08. The summed E-state index contributed by atoms with van der Waals surface area (Å²) in [5, 5.41) is -0.0625. The van der Waals surface area contributed by atoms with Crippen LogP contribution in [0.3, 0.4) is 0 Å². The van der Waals surface area contributed by atoms with Crippen LogP contribution in [0, 0.1) is 0 Å². The van der Waals surface area contributed by atoms with E-state index in [4.69, 9.17) is 10.2 Å². The van der Waals surface area contributed by atoms with Gasteiger partial charge in [-0.05, 0) is 32.1 Å². The van der Waals surface area contributed by atoms with Gasteiger partial charge in [-0.1, -0.05) is 0 Å². The van der Waals surface area contributed by atoms with Crippen molar-refractivity contribution in [2.75, 3.05) is 20.1 Å².